The molecule has 1 fully saturated rings. The molecule has 0 aromatic heterocycles. The number of rotatable bonds is 2. The minimum absolute atomic E-state index is 0.421. The Kier molecular flexibility index (Phi) is 2.11. The minimum Gasteiger partial charge on any atom is -0.327 e. The van der Waals surface area contributed by atoms with E-state index in [0.29, 0.717) is 12.0 Å². The van der Waals surface area contributed by atoms with Crippen LogP contribution in [0.15, 0.2) is 29.2 Å². The van der Waals surface area contributed by atoms with E-state index in [1.807, 2.05) is 0 Å². The largest absolute Gasteiger partial charge is 0.327 e. The van der Waals surface area contributed by atoms with Crippen LogP contribution in [-0.4, -0.2) is 12.3 Å². The van der Waals surface area contributed by atoms with Gasteiger partial charge in [-0.3, -0.25) is 0 Å². The number of thioether (sulfide) groups is 1. The molecule has 0 unspecified atom stereocenters. The summed E-state index contributed by atoms with van der Waals surface area (Å²) in [5, 5.41) is 0. The predicted molar refractivity (Wildman–Crippen MR) is 53.6 cm³/mol. The minimum atomic E-state index is 0.421. The molecule has 1 aliphatic rings. The molecule has 0 radical (unpaired) electrons. The van der Waals surface area contributed by atoms with E-state index in [1.165, 1.54) is 16.9 Å². The third-order valence-corrected chi connectivity index (χ3v) is 3.13. The van der Waals surface area contributed by atoms with E-state index in [-0.39, 0.29) is 0 Å². The lowest BCUT2D eigenvalue weighted by Gasteiger charge is -1.99. The molecule has 2 heteroatoms. The Bertz CT molecular complexity index is 268. The van der Waals surface area contributed by atoms with E-state index in [2.05, 4.69) is 30.5 Å². The molecule has 0 bridgehead atoms. The van der Waals surface area contributed by atoms with Crippen LogP contribution in [0.3, 0.4) is 0 Å². The summed E-state index contributed by atoms with van der Waals surface area (Å²) in [5.41, 5.74) is 7.17. The number of hydrogen-bond acceptors (Lipinski definition) is 2. The molecular formula is C10H13NS. The average molecular weight is 179 g/mol. The van der Waals surface area contributed by atoms with E-state index >= 15 is 0 Å². The second kappa shape index (κ2) is 3.11. The standard InChI is InChI=1S/C10H13NS/c1-12-8-4-2-7(3-5-8)9-6-10(9)11/h2-5,9-10H,6,11H2,1H3/t9-,10+/m0/s1. The van der Waals surface area contributed by atoms with Crippen molar-refractivity contribution < 1.29 is 0 Å². The molecule has 0 spiro atoms. The van der Waals surface area contributed by atoms with Gasteiger partial charge in [0.15, 0.2) is 0 Å². The van der Waals surface area contributed by atoms with Gasteiger partial charge in [-0.15, -0.1) is 11.8 Å². The quantitative estimate of drug-likeness (QED) is 0.704. The number of nitrogens with two attached hydrogens (primary N) is 1. The van der Waals surface area contributed by atoms with Crippen LogP contribution in [0.2, 0.25) is 0 Å². The molecule has 1 nitrogen and oxygen atoms in total. The summed E-state index contributed by atoms with van der Waals surface area (Å²) in [5.74, 6) is 0.640. The molecule has 2 rings (SSSR count). The topological polar surface area (TPSA) is 26.0 Å². The van der Waals surface area contributed by atoms with Crippen molar-refractivity contribution >= 4 is 11.8 Å². The van der Waals surface area contributed by atoms with Gasteiger partial charge in [-0.05, 0) is 30.4 Å². The van der Waals surface area contributed by atoms with E-state index in [9.17, 15) is 0 Å². The van der Waals surface area contributed by atoms with Gasteiger partial charge in [-0.2, -0.15) is 0 Å². The SMILES string of the molecule is CSc1ccc([C@@H]2C[C@H]2N)cc1. The zero-order valence-electron chi connectivity index (χ0n) is 7.16. The summed E-state index contributed by atoms with van der Waals surface area (Å²) in [6, 6.07) is 9.16. The molecule has 2 N–H and O–H groups in total. The molecule has 1 aromatic rings. The van der Waals surface area contributed by atoms with Crippen molar-refractivity contribution in [2.75, 3.05) is 6.26 Å². The van der Waals surface area contributed by atoms with Gasteiger partial charge in [-0.25, -0.2) is 0 Å². The summed E-state index contributed by atoms with van der Waals surface area (Å²) >= 11 is 1.78. The highest BCUT2D eigenvalue weighted by Gasteiger charge is 2.34. The summed E-state index contributed by atoms with van der Waals surface area (Å²) in [4.78, 5) is 1.33. The molecule has 1 aliphatic carbocycles. The van der Waals surface area contributed by atoms with Crippen LogP contribution in [0.4, 0.5) is 0 Å². The van der Waals surface area contributed by atoms with E-state index in [1.54, 1.807) is 11.8 Å². The first kappa shape index (κ1) is 8.14. The molecule has 12 heavy (non-hydrogen) atoms. The van der Waals surface area contributed by atoms with Crippen molar-refractivity contribution in [2.45, 2.75) is 23.3 Å². The maximum atomic E-state index is 5.76. The molecular weight excluding hydrogens is 166 g/mol. The first-order chi connectivity index (χ1) is 5.81. The van der Waals surface area contributed by atoms with Crippen molar-refractivity contribution in [1.29, 1.82) is 0 Å². The Morgan fingerprint density at radius 3 is 2.33 bits per heavy atom. The normalized spacial score (nSPS) is 27.2. The molecule has 0 heterocycles. The van der Waals surface area contributed by atoms with Crippen LogP contribution in [0.1, 0.15) is 17.9 Å². The molecule has 2 atom stereocenters. The Labute approximate surface area is 77.3 Å². The first-order valence-corrected chi connectivity index (χ1v) is 5.43. The van der Waals surface area contributed by atoms with E-state index in [4.69, 9.17) is 5.73 Å². The first-order valence-electron chi connectivity index (χ1n) is 4.21. The molecule has 0 aliphatic heterocycles. The fourth-order valence-corrected chi connectivity index (χ4v) is 1.86. The fraction of sp³-hybridized carbons (Fsp3) is 0.400. The molecule has 0 amide bonds. The summed E-state index contributed by atoms with van der Waals surface area (Å²) in [6.45, 7) is 0. The van der Waals surface area contributed by atoms with Gasteiger partial charge < -0.3 is 5.73 Å². The summed E-state index contributed by atoms with van der Waals surface area (Å²) < 4.78 is 0. The van der Waals surface area contributed by atoms with Gasteiger partial charge in [0.05, 0.1) is 0 Å². The van der Waals surface area contributed by atoms with Crippen LogP contribution in [-0.2, 0) is 0 Å². The van der Waals surface area contributed by atoms with Gasteiger partial charge in [0.1, 0.15) is 0 Å². The lowest BCUT2D eigenvalue weighted by molar-refractivity contribution is 0.988. The van der Waals surface area contributed by atoms with Crippen molar-refractivity contribution in [2.24, 2.45) is 5.73 Å². The van der Waals surface area contributed by atoms with Crippen LogP contribution in [0, 0.1) is 0 Å². The monoisotopic (exact) mass is 179 g/mol. The smallest absolute Gasteiger partial charge is 0.0115 e. The van der Waals surface area contributed by atoms with E-state index in [0.717, 1.165) is 0 Å². The Morgan fingerprint density at radius 2 is 1.92 bits per heavy atom. The molecule has 64 valence electrons. The van der Waals surface area contributed by atoms with E-state index < -0.39 is 0 Å². The van der Waals surface area contributed by atoms with Crippen LogP contribution in [0.25, 0.3) is 0 Å². The lowest BCUT2D eigenvalue weighted by atomic mass is 10.1. The van der Waals surface area contributed by atoms with Crippen LogP contribution < -0.4 is 5.73 Å². The number of hydrogen-bond donors (Lipinski definition) is 1. The molecule has 0 saturated heterocycles. The Balaban J connectivity index is 2.14. The third-order valence-electron chi connectivity index (χ3n) is 2.38. The Hall–Kier alpha value is -0.470. The highest BCUT2D eigenvalue weighted by atomic mass is 32.2. The van der Waals surface area contributed by atoms with Crippen molar-refractivity contribution in [3.8, 4) is 0 Å². The fourth-order valence-electron chi connectivity index (χ4n) is 1.45. The highest BCUT2D eigenvalue weighted by Crippen LogP contribution is 2.39. The predicted octanol–water partition coefficient (Wildman–Crippen LogP) is 2.22. The van der Waals surface area contributed by atoms with Gasteiger partial charge in [0.25, 0.3) is 0 Å². The molecule has 1 aromatic carbocycles. The van der Waals surface area contributed by atoms with Crippen molar-refractivity contribution in [1.82, 2.24) is 0 Å². The third kappa shape index (κ3) is 1.50. The second-order valence-electron chi connectivity index (χ2n) is 3.28. The highest BCUT2D eigenvalue weighted by molar-refractivity contribution is 7.98. The zero-order chi connectivity index (χ0) is 8.55. The molecule has 1 saturated carbocycles. The lowest BCUT2D eigenvalue weighted by Crippen LogP contribution is -2.00. The van der Waals surface area contributed by atoms with Crippen molar-refractivity contribution in [3.63, 3.8) is 0 Å². The Morgan fingerprint density at radius 1 is 1.33 bits per heavy atom. The van der Waals surface area contributed by atoms with Gasteiger partial charge >= 0.3 is 0 Å². The van der Waals surface area contributed by atoms with Crippen molar-refractivity contribution in [3.05, 3.63) is 29.8 Å². The maximum absolute atomic E-state index is 5.76. The van der Waals surface area contributed by atoms with Gasteiger partial charge in [0, 0.05) is 16.9 Å². The number of benzene rings is 1. The van der Waals surface area contributed by atoms with Gasteiger partial charge in [-0.1, -0.05) is 12.1 Å². The zero-order valence-corrected chi connectivity index (χ0v) is 7.97. The maximum Gasteiger partial charge on any atom is 0.0115 e. The summed E-state index contributed by atoms with van der Waals surface area (Å²) in [7, 11) is 0. The van der Waals surface area contributed by atoms with Crippen LogP contribution >= 0.6 is 11.8 Å². The second-order valence-corrected chi connectivity index (χ2v) is 4.16. The van der Waals surface area contributed by atoms with Crippen LogP contribution in [0.5, 0.6) is 0 Å². The average Bonchev–Trinajstić information content (AvgIpc) is 2.83. The van der Waals surface area contributed by atoms with Gasteiger partial charge in [0.2, 0.25) is 0 Å². The summed E-state index contributed by atoms with van der Waals surface area (Å²) in [6.07, 6.45) is 3.26.